The lowest BCUT2D eigenvalue weighted by Crippen LogP contribution is -2.23. The van der Waals surface area contributed by atoms with Crippen LogP contribution in [-0.4, -0.2) is 18.4 Å². The van der Waals surface area contributed by atoms with E-state index in [0.717, 1.165) is 6.42 Å². The molecule has 0 aromatic heterocycles. The summed E-state index contributed by atoms with van der Waals surface area (Å²) in [4.78, 5) is 24.8. The number of carbonyl (C=O) groups excluding carboxylic acids is 2. The molecule has 3 aromatic rings. The molecule has 5 nitrogen and oxygen atoms in total. The van der Waals surface area contributed by atoms with Gasteiger partial charge in [-0.05, 0) is 48.4 Å². The van der Waals surface area contributed by atoms with Crippen molar-refractivity contribution in [3.63, 3.8) is 0 Å². The van der Waals surface area contributed by atoms with Gasteiger partial charge in [-0.2, -0.15) is 0 Å². The number of amides is 2. The van der Waals surface area contributed by atoms with E-state index in [0.29, 0.717) is 16.9 Å². The number of anilines is 3. The number of hydrogen-bond donors (Lipinski definition) is 3. The number of carbonyl (C=O) groups is 2. The molecule has 0 aliphatic rings. The molecule has 0 saturated carbocycles. The fourth-order valence-electron chi connectivity index (χ4n) is 2.79. The smallest absolute Gasteiger partial charge is 0.257 e. The molecule has 0 unspecified atom stereocenters. The van der Waals surface area contributed by atoms with E-state index < -0.39 is 11.7 Å². The number of rotatable bonds is 7. The lowest BCUT2D eigenvalue weighted by Gasteiger charge is -2.13. The number of halogens is 1. The Balaban J connectivity index is 1.64. The quantitative estimate of drug-likeness (QED) is 0.547. The van der Waals surface area contributed by atoms with Crippen LogP contribution in [0.25, 0.3) is 0 Å². The fourth-order valence-corrected chi connectivity index (χ4v) is 2.79. The molecular formula is C23H22FN3O2. The first-order chi connectivity index (χ1) is 14.1. The van der Waals surface area contributed by atoms with Crippen LogP contribution in [0.2, 0.25) is 0 Å². The van der Waals surface area contributed by atoms with Gasteiger partial charge < -0.3 is 16.0 Å². The number of nitrogens with one attached hydrogen (secondary N) is 3. The van der Waals surface area contributed by atoms with Crippen molar-refractivity contribution in [1.29, 1.82) is 0 Å². The van der Waals surface area contributed by atoms with E-state index in [-0.39, 0.29) is 18.1 Å². The molecule has 2 amide bonds. The minimum absolute atomic E-state index is 0.107. The van der Waals surface area contributed by atoms with Gasteiger partial charge in [0.25, 0.3) is 5.91 Å². The van der Waals surface area contributed by atoms with E-state index >= 15 is 0 Å². The predicted molar refractivity (Wildman–Crippen MR) is 114 cm³/mol. The molecule has 3 N–H and O–H groups in total. The summed E-state index contributed by atoms with van der Waals surface area (Å²) in [6.07, 6.45) is 0.927. The summed E-state index contributed by atoms with van der Waals surface area (Å²) in [5, 5.41) is 8.30. The van der Waals surface area contributed by atoms with E-state index in [2.05, 4.69) is 22.9 Å². The molecule has 0 aliphatic heterocycles. The Morgan fingerprint density at radius 2 is 1.48 bits per heavy atom. The van der Waals surface area contributed by atoms with Gasteiger partial charge in [0.1, 0.15) is 5.82 Å². The van der Waals surface area contributed by atoms with Gasteiger partial charge in [0, 0.05) is 11.4 Å². The molecule has 0 aliphatic carbocycles. The van der Waals surface area contributed by atoms with Gasteiger partial charge in [0.05, 0.1) is 17.8 Å². The number of aryl methyl sites for hydroxylation is 1. The van der Waals surface area contributed by atoms with Crippen molar-refractivity contribution < 1.29 is 14.0 Å². The van der Waals surface area contributed by atoms with Crippen LogP contribution in [0.5, 0.6) is 0 Å². The van der Waals surface area contributed by atoms with Gasteiger partial charge in [0.2, 0.25) is 5.91 Å². The summed E-state index contributed by atoms with van der Waals surface area (Å²) in [6.45, 7) is 1.96. The van der Waals surface area contributed by atoms with Crippen LogP contribution >= 0.6 is 0 Å². The Labute approximate surface area is 169 Å². The van der Waals surface area contributed by atoms with E-state index in [9.17, 15) is 14.0 Å². The van der Waals surface area contributed by atoms with Crippen LogP contribution in [-0.2, 0) is 11.2 Å². The minimum Gasteiger partial charge on any atom is -0.376 e. The molecule has 0 spiro atoms. The largest absolute Gasteiger partial charge is 0.376 e. The maximum Gasteiger partial charge on any atom is 0.257 e. The first-order valence-electron chi connectivity index (χ1n) is 9.34. The maximum atomic E-state index is 13.6. The number of benzene rings is 3. The molecule has 3 aromatic carbocycles. The average Bonchev–Trinajstić information content (AvgIpc) is 2.74. The molecule has 3 rings (SSSR count). The van der Waals surface area contributed by atoms with Crippen molar-refractivity contribution in [3.8, 4) is 0 Å². The van der Waals surface area contributed by atoms with Crippen molar-refractivity contribution in [1.82, 2.24) is 0 Å². The van der Waals surface area contributed by atoms with Crippen molar-refractivity contribution >= 4 is 28.9 Å². The van der Waals surface area contributed by atoms with Crippen molar-refractivity contribution in [2.75, 3.05) is 22.5 Å². The molecule has 0 radical (unpaired) electrons. The standard InChI is InChI=1S/C23H22FN3O2/c1-2-16-11-13-17(14-12-16)26-23(29)18-7-3-5-9-20(18)25-15-22(28)27-21-10-6-4-8-19(21)24/h3-14,25H,2,15H2,1H3,(H,26,29)(H,27,28). The summed E-state index contributed by atoms with van der Waals surface area (Å²) in [7, 11) is 0. The molecule has 6 heteroatoms. The minimum atomic E-state index is -0.505. The van der Waals surface area contributed by atoms with Gasteiger partial charge >= 0.3 is 0 Å². The van der Waals surface area contributed by atoms with Crippen LogP contribution in [0, 0.1) is 5.82 Å². The molecule has 0 fully saturated rings. The Morgan fingerprint density at radius 1 is 0.828 bits per heavy atom. The molecule has 148 valence electrons. The lowest BCUT2D eigenvalue weighted by atomic mass is 10.1. The zero-order chi connectivity index (χ0) is 20.6. The van der Waals surface area contributed by atoms with Gasteiger partial charge in [0.15, 0.2) is 0 Å². The van der Waals surface area contributed by atoms with Crippen molar-refractivity contribution in [2.24, 2.45) is 0 Å². The molecule has 29 heavy (non-hydrogen) atoms. The maximum absolute atomic E-state index is 13.6. The average molecular weight is 391 g/mol. The molecule has 0 bridgehead atoms. The molecule has 0 atom stereocenters. The van der Waals surface area contributed by atoms with Gasteiger partial charge in [-0.3, -0.25) is 9.59 Å². The zero-order valence-electron chi connectivity index (χ0n) is 16.0. The highest BCUT2D eigenvalue weighted by atomic mass is 19.1. The lowest BCUT2D eigenvalue weighted by molar-refractivity contribution is -0.114. The third-order valence-electron chi connectivity index (χ3n) is 4.38. The Kier molecular flexibility index (Phi) is 6.58. The molecule has 0 saturated heterocycles. The van der Waals surface area contributed by atoms with Crippen molar-refractivity contribution in [2.45, 2.75) is 13.3 Å². The van der Waals surface area contributed by atoms with Crippen LogP contribution in [0.4, 0.5) is 21.5 Å². The third kappa shape index (κ3) is 5.42. The Hall–Kier alpha value is -3.67. The second kappa shape index (κ2) is 9.50. The van der Waals surface area contributed by atoms with E-state index in [1.807, 2.05) is 24.3 Å². The molecule has 0 heterocycles. The van der Waals surface area contributed by atoms with E-state index in [1.54, 1.807) is 36.4 Å². The van der Waals surface area contributed by atoms with Crippen LogP contribution < -0.4 is 16.0 Å². The van der Waals surface area contributed by atoms with Gasteiger partial charge in [-0.25, -0.2) is 4.39 Å². The van der Waals surface area contributed by atoms with Crippen molar-refractivity contribution in [3.05, 3.63) is 89.7 Å². The highest BCUT2D eigenvalue weighted by Gasteiger charge is 2.13. The SMILES string of the molecule is CCc1ccc(NC(=O)c2ccccc2NCC(=O)Nc2ccccc2F)cc1. The highest BCUT2D eigenvalue weighted by Crippen LogP contribution is 2.18. The monoisotopic (exact) mass is 391 g/mol. The summed E-state index contributed by atoms with van der Waals surface area (Å²) in [5.74, 6) is -1.21. The summed E-state index contributed by atoms with van der Waals surface area (Å²) < 4.78 is 13.6. The second-order valence-electron chi connectivity index (χ2n) is 6.43. The molecular weight excluding hydrogens is 369 g/mol. The highest BCUT2D eigenvalue weighted by molar-refractivity contribution is 6.08. The first-order valence-corrected chi connectivity index (χ1v) is 9.34. The second-order valence-corrected chi connectivity index (χ2v) is 6.43. The van der Waals surface area contributed by atoms with E-state index in [4.69, 9.17) is 0 Å². The number of para-hydroxylation sites is 2. The van der Waals surface area contributed by atoms with Crippen LogP contribution in [0.3, 0.4) is 0 Å². The summed E-state index contributed by atoms with van der Waals surface area (Å²) in [5.41, 5.74) is 2.91. The third-order valence-corrected chi connectivity index (χ3v) is 4.38. The Morgan fingerprint density at radius 3 is 2.17 bits per heavy atom. The zero-order valence-corrected chi connectivity index (χ0v) is 16.0. The summed E-state index contributed by atoms with van der Waals surface area (Å²) >= 11 is 0. The van der Waals surface area contributed by atoms with E-state index in [1.165, 1.54) is 17.7 Å². The van der Waals surface area contributed by atoms with Crippen LogP contribution in [0.1, 0.15) is 22.8 Å². The van der Waals surface area contributed by atoms with Gasteiger partial charge in [-0.15, -0.1) is 0 Å². The van der Waals surface area contributed by atoms with Crippen LogP contribution in [0.15, 0.2) is 72.8 Å². The number of hydrogen-bond acceptors (Lipinski definition) is 3. The topological polar surface area (TPSA) is 70.2 Å². The predicted octanol–water partition coefficient (Wildman–Crippen LogP) is 4.69. The Bertz CT molecular complexity index is 1000. The van der Waals surface area contributed by atoms with Gasteiger partial charge in [-0.1, -0.05) is 43.3 Å². The normalized spacial score (nSPS) is 10.3. The fraction of sp³-hybridized carbons (Fsp3) is 0.130. The first kappa shape index (κ1) is 20.1. The summed E-state index contributed by atoms with van der Waals surface area (Å²) in [6, 6.07) is 20.5.